The molecule has 12 heteroatoms. The molecule has 0 spiro atoms. The van der Waals surface area contributed by atoms with Gasteiger partial charge in [0.25, 0.3) is 0 Å². The molecule has 0 rings (SSSR count). The third-order valence-electron chi connectivity index (χ3n) is 0. The van der Waals surface area contributed by atoms with Crippen LogP contribution in [0.4, 0.5) is 0 Å². The summed E-state index contributed by atoms with van der Waals surface area (Å²) < 4.78 is 0. The Morgan fingerprint density at radius 1 is 0.682 bits per heavy atom. The Morgan fingerprint density at radius 2 is 0.682 bits per heavy atom. The Labute approximate surface area is 192 Å². The van der Waals surface area contributed by atoms with Gasteiger partial charge >= 0.3 is 47.3 Å². The molecule has 0 fully saturated rings. The number of hydrogen-bond donors (Lipinski definition) is 0. The molecular formula is C10H15BiO5PtS5. The third-order valence-corrected chi connectivity index (χ3v) is 0. The van der Waals surface area contributed by atoms with E-state index in [1.54, 1.807) is 0 Å². The van der Waals surface area contributed by atoms with Crippen molar-refractivity contribution in [1.82, 2.24) is 0 Å². The molecule has 0 heterocycles. The second-order valence-electron chi connectivity index (χ2n) is 2.46. The van der Waals surface area contributed by atoms with Crippen LogP contribution in [0.15, 0.2) is 0 Å². The van der Waals surface area contributed by atoms with Crippen LogP contribution in [-0.2, 0) is 90.8 Å². The monoisotopic (exact) mass is 779 g/mol. The number of rotatable bonds is 0. The zero-order chi connectivity index (χ0) is 17.9. The van der Waals surface area contributed by atoms with E-state index in [0.29, 0.717) is 0 Å². The van der Waals surface area contributed by atoms with Crippen molar-refractivity contribution in [2.75, 3.05) is 0 Å². The van der Waals surface area contributed by atoms with Gasteiger partial charge in [-0.3, -0.25) is 0 Å². The fraction of sp³-hybridized carbons (Fsp3) is 0.500. The van der Waals surface area contributed by atoms with Gasteiger partial charge < -0.3 is 74.8 Å². The topological polar surface area (TPSA) is 91.3 Å². The second kappa shape index (κ2) is 37.9. The molecule has 0 aromatic carbocycles. The van der Waals surface area contributed by atoms with Crippen molar-refractivity contribution in [2.24, 2.45) is 0 Å². The summed E-state index contributed by atoms with van der Waals surface area (Å²) in [6, 6.07) is 0. The van der Waals surface area contributed by atoms with Crippen LogP contribution in [-0.4, -0.2) is 51.7 Å². The van der Waals surface area contributed by atoms with Crippen LogP contribution in [0.5, 0.6) is 0 Å². The van der Waals surface area contributed by atoms with Crippen molar-refractivity contribution < 1.29 is 45.3 Å². The largest absolute Gasteiger partial charge is 3.00 e. The Balaban J connectivity index is -0.0000000250. The van der Waals surface area contributed by atoms with Crippen LogP contribution in [0.2, 0.25) is 0 Å². The molecule has 0 saturated carbocycles. The smallest absolute Gasteiger partial charge is 0.868 e. The first-order chi connectivity index (χ1) is 8.66. The maximum absolute atomic E-state index is 9.26. The first-order valence-electron chi connectivity index (χ1n) is 4.54. The van der Waals surface area contributed by atoms with Crippen LogP contribution >= 0.6 is 12.2 Å². The molecule has 0 aromatic heterocycles. The van der Waals surface area contributed by atoms with Gasteiger partial charge in [0, 0.05) is 20.5 Å². The number of hydrogen-bond acceptors (Lipinski definition) is 10. The fourth-order valence-corrected chi connectivity index (χ4v) is 0. The van der Waals surface area contributed by atoms with Crippen LogP contribution < -0.4 is 5.11 Å². The molecule has 22 heavy (non-hydrogen) atoms. The zero-order valence-corrected chi connectivity index (χ0v) is 22.2. The number of carbonyl (C=O) groups excluding carboxylic acids is 4. The quantitative estimate of drug-likeness (QED) is 0.185. The van der Waals surface area contributed by atoms with Crippen molar-refractivity contribution in [2.45, 2.75) is 34.6 Å². The van der Waals surface area contributed by atoms with Crippen molar-refractivity contribution in [3.05, 3.63) is 0 Å². The van der Waals surface area contributed by atoms with E-state index in [2.05, 4.69) is 62.7 Å². The zero-order valence-electron chi connectivity index (χ0n) is 12.3. The van der Waals surface area contributed by atoms with E-state index in [1.165, 1.54) is 34.6 Å². The average Bonchev–Trinajstić information content (AvgIpc) is 1.94. The minimum Gasteiger partial charge on any atom is -0.868 e. The predicted molar refractivity (Wildman–Crippen MR) is 96.2 cm³/mol. The van der Waals surface area contributed by atoms with Crippen molar-refractivity contribution in [3.8, 4) is 0 Å². The van der Waals surface area contributed by atoms with Crippen molar-refractivity contribution in [3.63, 3.8) is 0 Å². The SMILES string of the molecule is CC(=O)[S-].CC(=O)[S-].CC(=O)[S-].CC(=O)[S-].CC([O-])=S.[Bi+3].[Pt+2]. The number of thiocarbonyl (C=S) groups is 1. The molecule has 0 aliphatic heterocycles. The molecule has 5 nitrogen and oxygen atoms in total. The van der Waals surface area contributed by atoms with Gasteiger partial charge in [-0.1, -0.05) is 5.05 Å². The van der Waals surface area contributed by atoms with Gasteiger partial charge in [-0.15, -0.1) is 12.2 Å². The molecule has 0 saturated heterocycles. The van der Waals surface area contributed by atoms with Crippen LogP contribution in [0.25, 0.3) is 0 Å². The molecule has 2 radical (unpaired) electrons. The summed E-state index contributed by atoms with van der Waals surface area (Å²) in [5, 5.41) is 8.01. The second-order valence-corrected chi connectivity index (χ2v) is 5.33. The summed E-state index contributed by atoms with van der Waals surface area (Å²) in [6.07, 6.45) is 0. The summed E-state index contributed by atoms with van der Waals surface area (Å²) >= 11 is 19.9. The molecule has 0 amide bonds. The van der Waals surface area contributed by atoms with E-state index in [1.807, 2.05) is 0 Å². The van der Waals surface area contributed by atoms with E-state index in [0.717, 1.165) is 0 Å². The molecule has 0 atom stereocenters. The van der Waals surface area contributed by atoms with E-state index in [9.17, 15) is 24.3 Å². The van der Waals surface area contributed by atoms with E-state index >= 15 is 0 Å². The maximum atomic E-state index is 9.26. The van der Waals surface area contributed by atoms with Gasteiger partial charge in [0.05, 0.1) is 0 Å². The molecule has 130 valence electrons. The first kappa shape index (κ1) is 43.5. The Morgan fingerprint density at radius 3 is 0.682 bits per heavy atom. The van der Waals surface area contributed by atoms with Crippen LogP contribution in [0.3, 0.4) is 0 Å². The standard InChI is InChI=1S/5C2H4OS.Bi.Pt/c5*1-2(3)4;;/h5*1H3,(H,3,4);;/q;;;;;+3;+2/p-5. The normalized spacial score (nSPS) is 5.68. The molecule has 0 aliphatic carbocycles. The summed E-state index contributed by atoms with van der Waals surface area (Å²) in [7, 11) is 0. The van der Waals surface area contributed by atoms with Gasteiger partial charge in [-0.25, -0.2) is 0 Å². The Kier molecular flexibility index (Phi) is 74.9. The average molecular weight is 780 g/mol. The van der Waals surface area contributed by atoms with Crippen LogP contribution in [0.1, 0.15) is 34.6 Å². The summed E-state index contributed by atoms with van der Waals surface area (Å²) in [6.45, 7) is 6.71. The third kappa shape index (κ3) is 8080. The van der Waals surface area contributed by atoms with Gasteiger partial charge in [-0.05, 0) is 34.6 Å². The summed E-state index contributed by atoms with van der Waals surface area (Å²) in [4.78, 5) is 37.0. The van der Waals surface area contributed by atoms with E-state index < -0.39 is 0 Å². The van der Waals surface area contributed by atoms with E-state index in [4.69, 9.17) is 0 Å². The molecular weight excluding hydrogens is 764 g/mol. The van der Waals surface area contributed by atoms with E-state index in [-0.39, 0.29) is 72.8 Å². The summed E-state index contributed by atoms with van der Waals surface area (Å²) in [5.74, 6) is 0. The van der Waals surface area contributed by atoms with Crippen LogP contribution in [0, 0.1) is 0 Å². The molecule has 0 aromatic rings. The summed E-state index contributed by atoms with van der Waals surface area (Å²) in [5.41, 5.74) is 0. The van der Waals surface area contributed by atoms with Gasteiger partial charge in [0.1, 0.15) is 0 Å². The van der Waals surface area contributed by atoms with Gasteiger partial charge in [0.15, 0.2) is 0 Å². The van der Waals surface area contributed by atoms with Gasteiger partial charge in [-0.2, -0.15) is 0 Å². The minimum absolute atomic E-state index is 0. The van der Waals surface area contributed by atoms with Crippen molar-refractivity contribution in [1.29, 1.82) is 0 Å². The molecule has 0 N–H and O–H groups in total. The molecule has 0 bridgehead atoms. The Hall–Kier alpha value is 1.02. The Bertz CT molecular complexity index is 226. The van der Waals surface area contributed by atoms with Gasteiger partial charge in [0.2, 0.25) is 0 Å². The maximum Gasteiger partial charge on any atom is 3.00 e. The number of carbonyl (C=O) groups is 4. The minimum atomic E-state index is -0.250. The fourth-order valence-electron chi connectivity index (χ4n) is 0. The molecule has 0 aliphatic rings. The van der Waals surface area contributed by atoms with Crippen molar-refractivity contribution >= 4 is 114 Å². The predicted octanol–water partition coefficient (Wildman–Crippen LogP) is -0.370. The molecule has 0 unspecified atom stereocenters. The first-order valence-corrected chi connectivity index (χ1v) is 6.58.